The van der Waals surface area contributed by atoms with Crippen molar-refractivity contribution in [3.05, 3.63) is 28.8 Å². The number of hydrogen-bond acceptors (Lipinski definition) is 3. The lowest BCUT2D eigenvalue weighted by Crippen LogP contribution is -2.19. The summed E-state index contributed by atoms with van der Waals surface area (Å²) in [5.74, 6) is -1.04. The van der Waals surface area contributed by atoms with E-state index >= 15 is 0 Å². The molecule has 1 aromatic carbocycles. The van der Waals surface area contributed by atoms with Gasteiger partial charge < -0.3 is 15.5 Å². The summed E-state index contributed by atoms with van der Waals surface area (Å²) < 4.78 is 0. The van der Waals surface area contributed by atoms with Crippen LogP contribution in [0.3, 0.4) is 0 Å². The first-order chi connectivity index (χ1) is 8.08. The van der Waals surface area contributed by atoms with Gasteiger partial charge in [0.1, 0.15) is 0 Å². The highest BCUT2D eigenvalue weighted by Crippen LogP contribution is 2.22. The molecule has 0 fully saturated rings. The predicted octanol–water partition coefficient (Wildman–Crippen LogP) is 2.61. The summed E-state index contributed by atoms with van der Waals surface area (Å²) in [5.41, 5.74) is 0.854. The van der Waals surface area contributed by atoms with Crippen LogP contribution in [-0.4, -0.2) is 28.8 Å². The average molecular weight is 258 g/mol. The van der Waals surface area contributed by atoms with Crippen LogP contribution in [0, 0.1) is 0 Å². The molecule has 94 valence electrons. The standard InChI is InChI=1S/C12H16ClNO3/c1-2-8(5-6-15)14-9-3-4-10(12(16)17)11(13)7-9/h3-4,7-8,14-15H,2,5-6H2,1H3,(H,16,17). The molecule has 17 heavy (non-hydrogen) atoms. The van der Waals surface area contributed by atoms with E-state index in [1.807, 2.05) is 6.92 Å². The maximum atomic E-state index is 10.8. The third-order valence-corrected chi connectivity index (χ3v) is 2.85. The minimum atomic E-state index is -1.04. The van der Waals surface area contributed by atoms with Gasteiger partial charge in [0.2, 0.25) is 0 Å². The van der Waals surface area contributed by atoms with Crippen molar-refractivity contribution in [3.63, 3.8) is 0 Å². The Labute approximate surface area is 105 Å². The molecule has 5 heteroatoms. The summed E-state index contributed by atoms with van der Waals surface area (Å²) in [7, 11) is 0. The lowest BCUT2D eigenvalue weighted by atomic mass is 10.1. The van der Waals surface area contributed by atoms with Crippen molar-refractivity contribution in [1.29, 1.82) is 0 Å². The monoisotopic (exact) mass is 257 g/mol. The highest BCUT2D eigenvalue weighted by Gasteiger charge is 2.10. The summed E-state index contributed by atoms with van der Waals surface area (Å²) in [4.78, 5) is 10.8. The van der Waals surface area contributed by atoms with Gasteiger partial charge in [-0.3, -0.25) is 0 Å². The molecule has 0 spiro atoms. The van der Waals surface area contributed by atoms with Crippen LogP contribution in [0.2, 0.25) is 5.02 Å². The number of hydrogen-bond donors (Lipinski definition) is 3. The first kappa shape index (κ1) is 13.8. The number of benzene rings is 1. The summed E-state index contributed by atoms with van der Waals surface area (Å²) in [5, 5.41) is 21.1. The summed E-state index contributed by atoms with van der Waals surface area (Å²) in [6, 6.07) is 4.89. The van der Waals surface area contributed by atoms with Crippen LogP contribution in [-0.2, 0) is 0 Å². The number of nitrogens with one attached hydrogen (secondary N) is 1. The minimum absolute atomic E-state index is 0.0902. The zero-order chi connectivity index (χ0) is 12.8. The largest absolute Gasteiger partial charge is 0.478 e. The highest BCUT2D eigenvalue weighted by molar-refractivity contribution is 6.33. The molecule has 0 saturated carbocycles. The van der Waals surface area contributed by atoms with Gasteiger partial charge in [0.25, 0.3) is 0 Å². The number of aromatic carboxylic acids is 1. The third-order valence-electron chi connectivity index (χ3n) is 2.54. The van der Waals surface area contributed by atoms with E-state index in [1.54, 1.807) is 12.1 Å². The van der Waals surface area contributed by atoms with Gasteiger partial charge in [-0.15, -0.1) is 0 Å². The molecule has 1 rings (SSSR count). The second-order valence-electron chi connectivity index (χ2n) is 3.76. The fourth-order valence-corrected chi connectivity index (χ4v) is 1.81. The zero-order valence-electron chi connectivity index (χ0n) is 9.61. The summed E-state index contributed by atoms with van der Waals surface area (Å²) in [6.07, 6.45) is 1.52. The molecule has 1 aromatic rings. The fraction of sp³-hybridized carbons (Fsp3) is 0.417. The number of carboxylic acids is 1. The van der Waals surface area contributed by atoms with E-state index in [0.717, 1.165) is 12.1 Å². The van der Waals surface area contributed by atoms with Gasteiger partial charge in [-0.05, 0) is 31.0 Å². The van der Waals surface area contributed by atoms with Gasteiger partial charge in [-0.25, -0.2) is 4.79 Å². The Morgan fingerprint density at radius 2 is 2.24 bits per heavy atom. The molecule has 0 radical (unpaired) electrons. The number of rotatable bonds is 6. The molecule has 0 amide bonds. The maximum Gasteiger partial charge on any atom is 0.337 e. The van der Waals surface area contributed by atoms with Gasteiger partial charge in [0.15, 0.2) is 0 Å². The average Bonchev–Trinajstić information content (AvgIpc) is 2.28. The molecule has 0 saturated heterocycles. The minimum Gasteiger partial charge on any atom is -0.478 e. The van der Waals surface area contributed by atoms with Crippen molar-refractivity contribution in [1.82, 2.24) is 0 Å². The Morgan fingerprint density at radius 3 is 2.71 bits per heavy atom. The van der Waals surface area contributed by atoms with Crippen LogP contribution >= 0.6 is 11.6 Å². The molecule has 0 aromatic heterocycles. The number of aliphatic hydroxyl groups is 1. The second-order valence-corrected chi connectivity index (χ2v) is 4.17. The second kappa shape index (κ2) is 6.47. The molecular weight excluding hydrogens is 242 g/mol. The lowest BCUT2D eigenvalue weighted by Gasteiger charge is -2.17. The predicted molar refractivity (Wildman–Crippen MR) is 67.8 cm³/mol. The Bertz CT molecular complexity index is 395. The van der Waals surface area contributed by atoms with Crippen molar-refractivity contribution >= 4 is 23.3 Å². The van der Waals surface area contributed by atoms with Gasteiger partial charge in [-0.1, -0.05) is 18.5 Å². The quantitative estimate of drug-likeness (QED) is 0.733. The van der Waals surface area contributed by atoms with Gasteiger partial charge in [-0.2, -0.15) is 0 Å². The zero-order valence-corrected chi connectivity index (χ0v) is 10.4. The van der Waals surface area contributed by atoms with Crippen LogP contribution in [0.4, 0.5) is 5.69 Å². The smallest absolute Gasteiger partial charge is 0.337 e. The summed E-state index contributed by atoms with van der Waals surface area (Å²) in [6.45, 7) is 2.13. The van der Waals surface area contributed by atoms with Crippen molar-refractivity contribution < 1.29 is 15.0 Å². The first-order valence-corrected chi connectivity index (χ1v) is 5.86. The number of carboxylic acid groups (broad SMARTS) is 1. The normalized spacial score (nSPS) is 12.2. The number of carbonyl (C=O) groups is 1. The fourth-order valence-electron chi connectivity index (χ4n) is 1.55. The number of anilines is 1. The van der Waals surface area contributed by atoms with Crippen molar-refractivity contribution in [3.8, 4) is 0 Å². The Morgan fingerprint density at radius 1 is 1.53 bits per heavy atom. The number of aliphatic hydroxyl groups excluding tert-OH is 1. The molecule has 4 nitrogen and oxygen atoms in total. The Hall–Kier alpha value is -1.26. The third kappa shape index (κ3) is 3.91. The Kier molecular flexibility index (Phi) is 5.25. The van der Waals surface area contributed by atoms with Gasteiger partial charge >= 0.3 is 5.97 Å². The molecule has 3 N–H and O–H groups in total. The molecule has 0 heterocycles. The molecule has 0 aliphatic rings. The molecule has 0 aliphatic heterocycles. The summed E-state index contributed by atoms with van der Waals surface area (Å²) >= 11 is 5.86. The molecule has 0 bridgehead atoms. The SMILES string of the molecule is CCC(CCO)Nc1ccc(C(=O)O)c(Cl)c1. The van der Waals surface area contributed by atoms with E-state index < -0.39 is 5.97 Å². The first-order valence-electron chi connectivity index (χ1n) is 5.48. The topological polar surface area (TPSA) is 69.6 Å². The van der Waals surface area contributed by atoms with Crippen LogP contribution in [0.1, 0.15) is 30.1 Å². The highest BCUT2D eigenvalue weighted by atomic mass is 35.5. The van der Waals surface area contributed by atoms with E-state index in [-0.39, 0.29) is 23.2 Å². The Balaban J connectivity index is 2.79. The van der Waals surface area contributed by atoms with Crippen LogP contribution in [0.5, 0.6) is 0 Å². The van der Waals surface area contributed by atoms with Crippen LogP contribution < -0.4 is 5.32 Å². The van der Waals surface area contributed by atoms with Crippen molar-refractivity contribution in [2.45, 2.75) is 25.8 Å². The van der Waals surface area contributed by atoms with E-state index in [2.05, 4.69) is 5.32 Å². The lowest BCUT2D eigenvalue weighted by molar-refractivity contribution is 0.0697. The van der Waals surface area contributed by atoms with Crippen LogP contribution in [0.15, 0.2) is 18.2 Å². The van der Waals surface area contributed by atoms with E-state index in [4.69, 9.17) is 21.8 Å². The maximum absolute atomic E-state index is 10.8. The molecule has 1 unspecified atom stereocenters. The van der Waals surface area contributed by atoms with Crippen molar-refractivity contribution in [2.24, 2.45) is 0 Å². The molecular formula is C12H16ClNO3. The molecule has 1 atom stereocenters. The van der Waals surface area contributed by atoms with E-state index in [0.29, 0.717) is 6.42 Å². The van der Waals surface area contributed by atoms with E-state index in [1.165, 1.54) is 6.07 Å². The van der Waals surface area contributed by atoms with E-state index in [9.17, 15) is 4.79 Å². The van der Waals surface area contributed by atoms with Crippen LogP contribution in [0.25, 0.3) is 0 Å². The van der Waals surface area contributed by atoms with Gasteiger partial charge in [0, 0.05) is 18.3 Å². The van der Waals surface area contributed by atoms with Gasteiger partial charge in [0.05, 0.1) is 10.6 Å². The van der Waals surface area contributed by atoms with Crippen molar-refractivity contribution in [2.75, 3.05) is 11.9 Å². The number of halogens is 1. The molecule has 0 aliphatic carbocycles.